The van der Waals surface area contributed by atoms with Crippen LogP contribution in [-0.4, -0.2) is 22.4 Å². The Hall–Kier alpha value is -3.79. The molecule has 2 aromatic carbocycles. The Balaban J connectivity index is 1.45. The van der Waals surface area contributed by atoms with Gasteiger partial charge in [0.1, 0.15) is 0 Å². The molecule has 0 fully saturated rings. The molecule has 0 aliphatic heterocycles. The summed E-state index contributed by atoms with van der Waals surface area (Å²) in [5, 5.41) is 8.22. The molecule has 0 aliphatic rings. The summed E-state index contributed by atoms with van der Waals surface area (Å²) in [7, 11) is 0. The van der Waals surface area contributed by atoms with E-state index >= 15 is 0 Å². The van der Waals surface area contributed by atoms with E-state index in [1.54, 1.807) is 48.8 Å². The monoisotopic (exact) mass is 486 g/mol. The number of nitrogens with zero attached hydrogens (tertiary/aromatic N) is 1. The summed E-state index contributed by atoms with van der Waals surface area (Å²) in [5.74, 6) is -0.359. The van der Waals surface area contributed by atoms with E-state index in [2.05, 4.69) is 20.9 Å². The summed E-state index contributed by atoms with van der Waals surface area (Å²) in [6.07, 6.45) is 6.12. The molecule has 176 valence electrons. The van der Waals surface area contributed by atoms with Crippen molar-refractivity contribution in [2.75, 3.05) is 5.32 Å². The van der Waals surface area contributed by atoms with E-state index in [1.807, 2.05) is 0 Å². The lowest BCUT2D eigenvalue weighted by Gasteiger charge is -2.09. The molecule has 0 saturated carbocycles. The fourth-order valence-electron chi connectivity index (χ4n) is 2.82. The van der Waals surface area contributed by atoms with Gasteiger partial charge in [0.15, 0.2) is 0 Å². The number of carbonyl (C=O) groups excluding carboxylic acids is 2. The highest BCUT2D eigenvalue weighted by atomic mass is 32.2. The molecule has 0 atom stereocenters. The molecule has 0 bridgehead atoms. The predicted octanol–water partition coefficient (Wildman–Crippen LogP) is 5.34. The van der Waals surface area contributed by atoms with Crippen molar-refractivity contribution >= 4 is 35.5 Å². The van der Waals surface area contributed by atoms with Crippen LogP contribution in [0.4, 0.5) is 23.7 Å². The zero-order valence-electron chi connectivity index (χ0n) is 17.8. The number of amides is 3. The quantitative estimate of drug-likeness (QED) is 0.296. The average Bonchev–Trinajstić information content (AvgIpc) is 2.81. The van der Waals surface area contributed by atoms with Crippen LogP contribution >= 0.6 is 11.8 Å². The minimum Gasteiger partial charge on any atom is -0.348 e. The van der Waals surface area contributed by atoms with Gasteiger partial charge in [-0.15, -0.1) is 0 Å². The van der Waals surface area contributed by atoms with Gasteiger partial charge in [-0.05, 0) is 70.9 Å². The number of rotatable bonds is 8. The number of hydrogen-bond acceptors (Lipinski definition) is 4. The predicted molar refractivity (Wildman–Crippen MR) is 126 cm³/mol. The van der Waals surface area contributed by atoms with Crippen molar-refractivity contribution in [3.63, 3.8) is 0 Å². The van der Waals surface area contributed by atoms with E-state index in [0.717, 1.165) is 11.1 Å². The third kappa shape index (κ3) is 8.99. The number of halogens is 3. The maximum atomic E-state index is 12.4. The average molecular weight is 487 g/mol. The summed E-state index contributed by atoms with van der Waals surface area (Å²) in [6, 6.07) is 16.0. The van der Waals surface area contributed by atoms with Crippen LogP contribution < -0.4 is 16.0 Å². The number of pyridine rings is 1. The highest BCUT2D eigenvalue weighted by molar-refractivity contribution is 8.00. The maximum absolute atomic E-state index is 12.4. The number of carbonyl (C=O) groups is 2. The SMILES string of the molecule is O=C(/C=C/c1ccc(SC(F)(F)F)cc1)NCc1cccc(NC(=O)NCc2ccncc2)c1. The van der Waals surface area contributed by atoms with E-state index in [9.17, 15) is 22.8 Å². The minimum absolute atomic E-state index is 0.0774. The molecule has 10 heteroatoms. The normalized spacial score (nSPS) is 11.3. The fourth-order valence-corrected chi connectivity index (χ4v) is 3.36. The summed E-state index contributed by atoms with van der Waals surface area (Å²) < 4.78 is 37.1. The van der Waals surface area contributed by atoms with Crippen LogP contribution in [0.25, 0.3) is 6.08 Å². The Bertz CT molecular complexity index is 1140. The summed E-state index contributed by atoms with van der Waals surface area (Å²) in [4.78, 5) is 28.2. The Kier molecular flexibility index (Phi) is 8.69. The molecule has 3 aromatic rings. The van der Waals surface area contributed by atoms with Gasteiger partial charge in [0, 0.05) is 42.1 Å². The lowest BCUT2D eigenvalue weighted by Crippen LogP contribution is -2.28. The zero-order chi connectivity index (χ0) is 24.4. The van der Waals surface area contributed by atoms with Gasteiger partial charge in [-0.25, -0.2) is 4.79 Å². The molecule has 0 unspecified atom stereocenters. The van der Waals surface area contributed by atoms with Gasteiger partial charge in [0.25, 0.3) is 0 Å². The second-order valence-electron chi connectivity index (χ2n) is 7.03. The second kappa shape index (κ2) is 11.9. The minimum atomic E-state index is -4.34. The number of benzene rings is 2. The van der Waals surface area contributed by atoms with Gasteiger partial charge in [-0.3, -0.25) is 9.78 Å². The van der Waals surface area contributed by atoms with Crippen molar-refractivity contribution in [3.05, 3.63) is 95.8 Å². The molecular formula is C24H21F3N4O2S. The van der Waals surface area contributed by atoms with Crippen molar-refractivity contribution in [1.29, 1.82) is 0 Å². The molecule has 0 saturated heterocycles. The van der Waals surface area contributed by atoms with Crippen molar-refractivity contribution in [2.45, 2.75) is 23.5 Å². The van der Waals surface area contributed by atoms with E-state index in [1.165, 1.54) is 36.4 Å². The number of aromatic nitrogens is 1. The molecule has 0 radical (unpaired) electrons. The van der Waals surface area contributed by atoms with Crippen LogP contribution in [0.15, 0.2) is 84.0 Å². The van der Waals surface area contributed by atoms with Crippen LogP contribution in [0.5, 0.6) is 0 Å². The van der Waals surface area contributed by atoms with Gasteiger partial charge in [-0.1, -0.05) is 24.3 Å². The largest absolute Gasteiger partial charge is 0.446 e. The maximum Gasteiger partial charge on any atom is 0.446 e. The van der Waals surface area contributed by atoms with Gasteiger partial charge in [0.2, 0.25) is 5.91 Å². The molecule has 0 aliphatic carbocycles. The molecule has 0 spiro atoms. The van der Waals surface area contributed by atoms with Crippen LogP contribution in [0.1, 0.15) is 16.7 Å². The third-order valence-electron chi connectivity index (χ3n) is 4.39. The van der Waals surface area contributed by atoms with E-state index in [4.69, 9.17) is 0 Å². The lowest BCUT2D eigenvalue weighted by molar-refractivity contribution is -0.116. The topological polar surface area (TPSA) is 83.1 Å². The smallest absolute Gasteiger partial charge is 0.348 e. The van der Waals surface area contributed by atoms with Crippen molar-refractivity contribution in [1.82, 2.24) is 15.6 Å². The van der Waals surface area contributed by atoms with Crippen LogP contribution in [0.3, 0.4) is 0 Å². The van der Waals surface area contributed by atoms with Gasteiger partial charge < -0.3 is 16.0 Å². The first-order valence-corrected chi connectivity index (χ1v) is 10.9. The number of nitrogens with one attached hydrogen (secondary N) is 3. The number of hydrogen-bond donors (Lipinski definition) is 3. The highest BCUT2D eigenvalue weighted by Gasteiger charge is 2.28. The first-order valence-electron chi connectivity index (χ1n) is 10.1. The zero-order valence-corrected chi connectivity index (χ0v) is 18.6. The molecule has 6 nitrogen and oxygen atoms in total. The third-order valence-corrected chi connectivity index (χ3v) is 5.13. The standard InChI is InChI=1S/C24H21F3N4O2S/c25-24(26,27)34-21-7-4-17(5-8-21)6-9-22(32)29-16-19-2-1-3-20(14-19)31-23(33)30-15-18-10-12-28-13-11-18/h1-14H,15-16H2,(H,29,32)(H2,30,31,33)/b9-6+. The molecule has 1 heterocycles. The van der Waals surface area contributed by atoms with Crippen molar-refractivity contribution in [2.24, 2.45) is 0 Å². The number of thioether (sulfide) groups is 1. The number of urea groups is 1. The molecule has 3 amide bonds. The van der Waals surface area contributed by atoms with E-state index in [-0.39, 0.29) is 35.1 Å². The van der Waals surface area contributed by atoms with Crippen LogP contribution in [0.2, 0.25) is 0 Å². The molecule has 1 aromatic heterocycles. The van der Waals surface area contributed by atoms with Crippen LogP contribution in [-0.2, 0) is 17.9 Å². The van der Waals surface area contributed by atoms with Gasteiger partial charge in [0.05, 0.1) is 0 Å². The summed E-state index contributed by atoms with van der Waals surface area (Å²) >= 11 is -0.190. The highest BCUT2D eigenvalue weighted by Crippen LogP contribution is 2.36. The second-order valence-corrected chi connectivity index (χ2v) is 8.17. The summed E-state index contributed by atoms with van der Waals surface area (Å²) in [5.41, 5.74) is -1.46. The first-order chi connectivity index (χ1) is 16.3. The van der Waals surface area contributed by atoms with E-state index < -0.39 is 5.51 Å². The molecule has 3 N–H and O–H groups in total. The Morgan fingerprint density at radius 1 is 0.912 bits per heavy atom. The van der Waals surface area contributed by atoms with Crippen molar-refractivity contribution in [3.8, 4) is 0 Å². The Morgan fingerprint density at radius 3 is 2.32 bits per heavy atom. The summed E-state index contributed by atoms with van der Waals surface area (Å²) in [6.45, 7) is 0.596. The Morgan fingerprint density at radius 2 is 1.62 bits per heavy atom. The lowest BCUT2D eigenvalue weighted by atomic mass is 10.2. The Labute approximate surface area is 198 Å². The number of anilines is 1. The molecule has 3 rings (SSSR count). The first kappa shape index (κ1) is 24.8. The number of alkyl halides is 3. The van der Waals surface area contributed by atoms with Gasteiger partial charge in [-0.2, -0.15) is 13.2 Å². The van der Waals surface area contributed by atoms with E-state index in [0.29, 0.717) is 17.8 Å². The van der Waals surface area contributed by atoms with Crippen LogP contribution in [0, 0.1) is 0 Å². The molecule has 34 heavy (non-hydrogen) atoms. The molecular weight excluding hydrogens is 465 g/mol. The fraction of sp³-hybridized carbons (Fsp3) is 0.125. The van der Waals surface area contributed by atoms with Crippen molar-refractivity contribution < 1.29 is 22.8 Å². The van der Waals surface area contributed by atoms with Gasteiger partial charge >= 0.3 is 11.5 Å².